The number of hydrazone groups is 1. The number of rotatable bonds is 4. The van der Waals surface area contributed by atoms with Gasteiger partial charge in [0, 0.05) is 22.2 Å². The quantitative estimate of drug-likeness (QED) is 0.431. The molecular weight excluding hydrogens is 330 g/mol. The summed E-state index contributed by atoms with van der Waals surface area (Å²) >= 11 is 1.23. The lowest BCUT2D eigenvalue weighted by Crippen LogP contribution is -2.16. The molecule has 0 aliphatic heterocycles. The van der Waals surface area contributed by atoms with Crippen LogP contribution < -0.4 is 5.43 Å². The van der Waals surface area contributed by atoms with Gasteiger partial charge >= 0.3 is 0 Å². The summed E-state index contributed by atoms with van der Waals surface area (Å²) in [6.07, 6.45) is 1.45. The van der Waals surface area contributed by atoms with Crippen LogP contribution in [0.2, 0.25) is 0 Å². The van der Waals surface area contributed by atoms with Crippen LogP contribution in [0.1, 0.15) is 15.2 Å². The summed E-state index contributed by atoms with van der Waals surface area (Å²) in [6, 6.07) is 12.4. The molecular formula is C16H11N3O4S. The van der Waals surface area contributed by atoms with Crippen molar-refractivity contribution in [2.45, 2.75) is 0 Å². The van der Waals surface area contributed by atoms with Crippen LogP contribution in [0.5, 0.6) is 5.75 Å². The Hall–Kier alpha value is -3.26. The molecule has 24 heavy (non-hydrogen) atoms. The minimum Gasteiger partial charge on any atom is -0.508 e. The fourth-order valence-electron chi connectivity index (χ4n) is 2.04. The van der Waals surface area contributed by atoms with E-state index >= 15 is 0 Å². The van der Waals surface area contributed by atoms with Crippen LogP contribution in [0.4, 0.5) is 5.69 Å². The second-order valence-electron chi connectivity index (χ2n) is 4.88. The van der Waals surface area contributed by atoms with Crippen LogP contribution in [0.3, 0.4) is 0 Å². The van der Waals surface area contributed by atoms with Crippen LogP contribution >= 0.6 is 11.3 Å². The van der Waals surface area contributed by atoms with Gasteiger partial charge in [-0.05, 0) is 42.0 Å². The molecule has 2 aromatic carbocycles. The number of thiophene rings is 1. The molecule has 0 fully saturated rings. The van der Waals surface area contributed by atoms with Crippen LogP contribution in [0.25, 0.3) is 10.1 Å². The summed E-state index contributed by atoms with van der Waals surface area (Å²) in [5, 5.41) is 24.5. The number of fused-ring (bicyclic) bond motifs is 1. The fraction of sp³-hybridized carbons (Fsp3) is 0. The lowest BCUT2D eigenvalue weighted by Gasteiger charge is -1.96. The third kappa shape index (κ3) is 3.39. The molecule has 0 radical (unpaired) electrons. The largest absolute Gasteiger partial charge is 0.508 e. The predicted octanol–water partition coefficient (Wildman–Crippen LogP) is 3.28. The Labute approximate surface area is 140 Å². The summed E-state index contributed by atoms with van der Waals surface area (Å²) in [7, 11) is 0. The van der Waals surface area contributed by atoms with Crippen molar-refractivity contribution < 1.29 is 14.8 Å². The zero-order chi connectivity index (χ0) is 17.1. The van der Waals surface area contributed by atoms with E-state index < -0.39 is 10.8 Å². The summed E-state index contributed by atoms with van der Waals surface area (Å²) < 4.78 is 0.785. The molecule has 3 rings (SSSR count). The Morgan fingerprint density at radius 1 is 1.21 bits per heavy atom. The Morgan fingerprint density at radius 2 is 1.96 bits per heavy atom. The van der Waals surface area contributed by atoms with E-state index in [0.29, 0.717) is 10.3 Å². The van der Waals surface area contributed by atoms with Gasteiger partial charge < -0.3 is 5.11 Å². The Bertz CT molecular complexity index is 948. The number of phenolic OH excluding ortho intramolecular Hbond substituents is 1. The highest BCUT2D eigenvalue weighted by atomic mass is 32.1. The fourth-order valence-corrected chi connectivity index (χ4v) is 2.97. The molecule has 1 heterocycles. The van der Waals surface area contributed by atoms with Gasteiger partial charge in [0.1, 0.15) is 5.75 Å². The highest BCUT2D eigenvalue weighted by Gasteiger charge is 2.12. The third-order valence-electron chi connectivity index (χ3n) is 3.21. The molecule has 0 saturated heterocycles. The van der Waals surface area contributed by atoms with Gasteiger partial charge in [0.25, 0.3) is 11.6 Å². The molecule has 120 valence electrons. The van der Waals surface area contributed by atoms with Crippen LogP contribution in [-0.2, 0) is 0 Å². The van der Waals surface area contributed by atoms with E-state index in [1.54, 1.807) is 24.3 Å². The number of benzene rings is 2. The maximum Gasteiger partial charge on any atom is 0.281 e. The van der Waals surface area contributed by atoms with Crippen molar-refractivity contribution in [3.05, 3.63) is 69.1 Å². The van der Waals surface area contributed by atoms with Gasteiger partial charge in [0.2, 0.25) is 0 Å². The Kier molecular flexibility index (Phi) is 4.21. The first-order valence-electron chi connectivity index (χ1n) is 6.83. The molecule has 0 bridgehead atoms. The van der Waals surface area contributed by atoms with Crippen molar-refractivity contribution in [1.82, 2.24) is 5.43 Å². The summed E-state index contributed by atoms with van der Waals surface area (Å²) in [6.45, 7) is 0. The number of nitrogens with one attached hydrogen (secondary N) is 1. The molecule has 0 saturated carbocycles. The lowest BCUT2D eigenvalue weighted by molar-refractivity contribution is -0.384. The van der Waals surface area contributed by atoms with Crippen LogP contribution in [-0.4, -0.2) is 22.2 Å². The number of aromatic hydroxyl groups is 1. The van der Waals surface area contributed by atoms with E-state index in [1.165, 1.54) is 41.8 Å². The lowest BCUT2D eigenvalue weighted by atomic mass is 10.2. The third-order valence-corrected chi connectivity index (χ3v) is 4.32. The maximum atomic E-state index is 12.1. The average Bonchev–Trinajstić information content (AvgIpc) is 2.99. The molecule has 0 spiro atoms. The second kappa shape index (κ2) is 6.47. The normalized spacial score (nSPS) is 11.0. The SMILES string of the molecule is O=C(N/N=C/c1ccc(O)cc1)c1cc2cc([N+](=O)[O-])ccc2s1. The monoisotopic (exact) mass is 341 g/mol. The first-order chi connectivity index (χ1) is 11.5. The van der Waals surface area contributed by atoms with Crippen molar-refractivity contribution in [1.29, 1.82) is 0 Å². The van der Waals surface area contributed by atoms with E-state index in [1.807, 2.05) is 0 Å². The minimum atomic E-state index is -0.473. The van der Waals surface area contributed by atoms with Gasteiger partial charge in [-0.2, -0.15) is 5.10 Å². The molecule has 0 unspecified atom stereocenters. The molecule has 7 nitrogen and oxygen atoms in total. The Balaban J connectivity index is 1.73. The number of non-ortho nitro benzene ring substituents is 1. The number of hydrogen-bond donors (Lipinski definition) is 2. The van der Waals surface area contributed by atoms with Crippen molar-refractivity contribution in [2.75, 3.05) is 0 Å². The standard InChI is InChI=1S/C16H11N3O4S/c20-13-4-1-10(2-5-13)9-17-18-16(21)15-8-11-7-12(19(22)23)3-6-14(11)24-15/h1-9,20H,(H,18,21)/b17-9+. The molecule has 8 heteroatoms. The average molecular weight is 341 g/mol. The number of carbonyl (C=O) groups is 1. The van der Waals surface area contributed by atoms with Gasteiger partial charge in [-0.15, -0.1) is 11.3 Å². The van der Waals surface area contributed by atoms with Gasteiger partial charge in [0.05, 0.1) is 16.0 Å². The number of phenols is 1. The summed E-state index contributed by atoms with van der Waals surface area (Å²) in [5.74, 6) is -0.246. The number of nitro groups is 1. The summed E-state index contributed by atoms with van der Waals surface area (Å²) in [4.78, 5) is 22.8. The molecule has 0 atom stereocenters. The van der Waals surface area contributed by atoms with Gasteiger partial charge in [-0.3, -0.25) is 14.9 Å². The van der Waals surface area contributed by atoms with Crippen LogP contribution in [0.15, 0.2) is 53.6 Å². The molecule has 0 aliphatic rings. The van der Waals surface area contributed by atoms with Crippen molar-refractivity contribution in [3.63, 3.8) is 0 Å². The van der Waals surface area contributed by atoms with E-state index in [9.17, 15) is 20.0 Å². The smallest absolute Gasteiger partial charge is 0.281 e. The number of carbonyl (C=O) groups excluding carboxylic acids is 1. The van der Waals surface area contributed by atoms with E-state index in [0.717, 1.165) is 10.3 Å². The van der Waals surface area contributed by atoms with E-state index in [-0.39, 0.29) is 11.4 Å². The van der Waals surface area contributed by atoms with Crippen molar-refractivity contribution in [3.8, 4) is 5.75 Å². The minimum absolute atomic E-state index is 0.0161. The maximum absolute atomic E-state index is 12.1. The highest BCUT2D eigenvalue weighted by Crippen LogP contribution is 2.28. The second-order valence-corrected chi connectivity index (χ2v) is 5.96. The van der Waals surface area contributed by atoms with Gasteiger partial charge in [0.15, 0.2) is 0 Å². The van der Waals surface area contributed by atoms with Crippen LogP contribution in [0, 0.1) is 10.1 Å². The number of nitro benzene ring substituents is 1. The highest BCUT2D eigenvalue weighted by molar-refractivity contribution is 7.20. The molecule has 3 aromatic rings. The number of amides is 1. The number of hydrogen-bond acceptors (Lipinski definition) is 6. The molecule has 2 N–H and O–H groups in total. The topological polar surface area (TPSA) is 105 Å². The van der Waals surface area contributed by atoms with Crippen molar-refractivity contribution in [2.24, 2.45) is 5.10 Å². The van der Waals surface area contributed by atoms with Crippen molar-refractivity contribution >= 4 is 39.2 Å². The van der Waals surface area contributed by atoms with Gasteiger partial charge in [-0.25, -0.2) is 5.43 Å². The first kappa shape index (κ1) is 15.6. The zero-order valence-corrected chi connectivity index (χ0v) is 13.0. The number of nitrogens with zero attached hydrogens (tertiary/aromatic N) is 2. The molecule has 1 aromatic heterocycles. The predicted molar refractivity (Wildman–Crippen MR) is 91.6 cm³/mol. The first-order valence-corrected chi connectivity index (χ1v) is 7.65. The van der Waals surface area contributed by atoms with E-state index in [4.69, 9.17) is 0 Å². The van der Waals surface area contributed by atoms with Gasteiger partial charge in [-0.1, -0.05) is 0 Å². The summed E-state index contributed by atoms with van der Waals surface area (Å²) in [5.41, 5.74) is 3.11. The zero-order valence-electron chi connectivity index (χ0n) is 12.2. The van der Waals surface area contributed by atoms with E-state index in [2.05, 4.69) is 10.5 Å². The Morgan fingerprint density at radius 3 is 2.67 bits per heavy atom. The molecule has 0 aliphatic carbocycles. The molecule has 1 amide bonds.